The molecule has 5 nitrogen and oxygen atoms in total. The quantitative estimate of drug-likeness (QED) is 0.758. The molecule has 0 aliphatic rings. The zero-order chi connectivity index (χ0) is 18.0. The summed E-state index contributed by atoms with van der Waals surface area (Å²) in [5.74, 6) is -0.300. The van der Waals surface area contributed by atoms with E-state index < -0.39 is 10.0 Å². The molecule has 7 heteroatoms. The topological polar surface area (TPSA) is 64.0 Å². The lowest BCUT2D eigenvalue weighted by Gasteiger charge is -2.08. The number of rotatable bonds is 5. The largest absolute Gasteiger partial charge is 0.276 e. The minimum Gasteiger partial charge on any atom is -0.276 e. The van der Waals surface area contributed by atoms with E-state index in [4.69, 9.17) is 0 Å². The van der Waals surface area contributed by atoms with Crippen molar-refractivity contribution in [1.82, 2.24) is 9.78 Å². The van der Waals surface area contributed by atoms with Crippen LogP contribution in [0.15, 0.2) is 59.8 Å². The van der Waals surface area contributed by atoms with Crippen LogP contribution in [0.4, 0.5) is 10.1 Å². The van der Waals surface area contributed by atoms with Gasteiger partial charge >= 0.3 is 0 Å². The molecule has 0 aliphatic heterocycles. The molecule has 0 atom stereocenters. The molecule has 1 heterocycles. The number of nitrogens with zero attached hydrogens (tertiary/aromatic N) is 2. The third kappa shape index (κ3) is 4.06. The summed E-state index contributed by atoms with van der Waals surface area (Å²) < 4.78 is 42.0. The van der Waals surface area contributed by atoms with Gasteiger partial charge in [0.1, 0.15) is 5.82 Å². The van der Waals surface area contributed by atoms with Crippen LogP contribution in [-0.4, -0.2) is 18.2 Å². The number of hydrogen-bond acceptors (Lipinski definition) is 3. The van der Waals surface area contributed by atoms with Gasteiger partial charge in [0.05, 0.1) is 23.3 Å². The maximum Gasteiger partial charge on any atom is 0.262 e. The molecule has 0 spiro atoms. The van der Waals surface area contributed by atoms with Gasteiger partial charge in [0, 0.05) is 6.20 Å². The lowest BCUT2D eigenvalue weighted by molar-refractivity contribution is 0.601. The summed E-state index contributed by atoms with van der Waals surface area (Å²) in [5.41, 5.74) is 3.19. The first-order valence-corrected chi connectivity index (χ1v) is 9.19. The van der Waals surface area contributed by atoms with E-state index >= 15 is 0 Å². The Hall–Kier alpha value is -2.67. The van der Waals surface area contributed by atoms with Gasteiger partial charge in [-0.1, -0.05) is 18.2 Å². The van der Waals surface area contributed by atoms with Crippen molar-refractivity contribution in [3.63, 3.8) is 0 Å². The molecule has 0 fully saturated rings. The zero-order valence-corrected chi connectivity index (χ0v) is 14.7. The number of aromatic nitrogens is 2. The van der Waals surface area contributed by atoms with E-state index in [1.54, 1.807) is 41.2 Å². The maximum atomic E-state index is 12.9. The average molecular weight is 359 g/mol. The standard InChI is InChI=1S/C18H18FN3O2S/c1-13-3-8-18(9-14(13)2)25(23,24)21-17-10-20-22(12-17)11-15-4-6-16(19)7-5-15/h3-10,12,21H,11H2,1-2H3. The summed E-state index contributed by atoms with van der Waals surface area (Å²) in [6.07, 6.45) is 3.05. The molecule has 0 aliphatic carbocycles. The van der Waals surface area contributed by atoms with Crippen LogP contribution in [0.5, 0.6) is 0 Å². The van der Waals surface area contributed by atoms with E-state index in [0.29, 0.717) is 12.2 Å². The number of aryl methyl sites for hydroxylation is 2. The Balaban J connectivity index is 1.75. The number of anilines is 1. The summed E-state index contributed by atoms with van der Waals surface area (Å²) in [6.45, 7) is 4.22. The molecule has 0 saturated carbocycles. The molecule has 1 aromatic heterocycles. The molecule has 0 saturated heterocycles. The maximum absolute atomic E-state index is 12.9. The first-order valence-electron chi connectivity index (χ1n) is 7.70. The van der Waals surface area contributed by atoms with Crippen LogP contribution in [0.25, 0.3) is 0 Å². The molecule has 0 unspecified atom stereocenters. The molecule has 1 N–H and O–H groups in total. The second kappa shape index (κ2) is 6.68. The van der Waals surface area contributed by atoms with Crippen LogP contribution in [0.1, 0.15) is 16.7 Å². The average Bonchev–Trinajstić information content (AvgIpc) is 2.98. The minimum atomic E-state index is -3.67. The number of nitrogens with one attached hydrogen (secondary N) is 1. The molecular weight excluding hydrogens is 341 g/mol. The summed E-state index contributed by atoms with van der Waals surface area (Å²) in [4.78, 5) is 0.210. The van der Waals surface area contributed by atoms with Crippen LogP contribution in [-0.2, 0) is 16.6 Å². The van der Waals surface area contributed by atoms with Crippen molar-refractivity contribution in [3.05, 3.63) is 77.4 Å². The third-order valence-corrected chi connectivity index (χ3v) is 5.31. The SMILES string of the molecule is Cc1ccc(S(=O)(=O)Nc2cnn(Cc3ccc(F)cc3)c2)cc1C. The first-order chi connectivity index (χ1) is 11.8. The molecule has 130 valence electrons. The molecular formula is C18H18FN3O2S. The Morgan fingerprint density at radius 1 is 1.08 bits per heavy atom. The third-order valence-electron chi connectivity index (χ3n) is 3.93. The summed E-state index contributed by atoms with van der Waals surface area (Å²) in [7, 11) is -3.67. The second-order valence-corrected chi connectivity index (χ2v) is 7.59. The Morgan fingerprint density at radius 3 is 2.48 bits per heavy atom. The van der Waals surface area contributed by atoms with Gasteiger partial charge in [0.2, 0.25) is 0 Å². The fourth-order valence-corrected chi connectivity index (χ4v) is 3.49. The molecule has 2 aromatic carbocycles. The number of benzene rings is 2. The zero-order valence-electron chi connectivity index (χ0n) is 13.9. The van der Waals surface area contributed by atoms with E-state index in [9.17, 15) is 12.8 Å². The van der Waals surface area contributed by atoms with Crippen molar-refractivity contribution in [2.24, 2.45) is 0 Å². The molecule has 3 aromatic rings. The van der Waals surface area contributed by atoms with Crippen molar-refractivity contribution in [2.45, 2.75) is 25.3 Å². The van der Waals surface area contributed by atoms with Crippen molar-refractivity contribution in [1.29, 1.82) is 0 Å². The van der Waals surface area contributed by atoms with Gasteiger partial charge in [-0.2, -0.15) is 5.10 Å². The van der Waals surface area contributed by atoms with Crippen LogP contribution in [0, 0.1) is 19.7 Å². The lowest BCUT2D eigenvalue weighted by atomic mass is 10.1. The van der Waals surface area contributed by atoms with E-state index in [0.717, 1.165) is 16.7 Å². The van der Waals surface area contributed by atoms with Crippen molar-refractivity contribution >= 4 is 15.7 Å². The molecule has 0 radical (unpaired) electrons. The van der Waals surface area contributed by atoms with E-state index in [-0.39, 0.29) is 10.7 Å². The Bertz CT molecular complexity index is 995. The van der Waals surface area contributed by atoms with Gasteiger partial charge in [-0.25, -0.2) is 12.8 Å². The smallest absolute Gasteiger partial charge is 0.262 e. The van der Waals surface area contributed by atoms with Crippen LogP contribution < -0.4 is 4.72 Å². The molecule has 25 heavy (non-hydrogen) atoms. The van der Waals surface area contributed by atoms with Crippen LogP contribution in [0.3, 0.4) is 0 Å². The highest BCUT2D eigenvalue weighted by Crippen LogP contribution is 2.18. The number of halogens is 1. The highest BCUT2D eigenvalue weighted by Gasteiger charge is 2.15. The van der Waals surface area contributed by atoms with Gasteiger partial charge in [-0.15, -0.1) is 0 Å². The summed E-state index contributed by atoms with van der Waals surface area (Å²) >= 11 is 0. The Morgan fingerprint density at radius 2 is 1.80 bits per heavy atom. The van der Waals surface area contributed by atoms with E-state index in [1.165, 1.54) is 18.3 Å². The van der Waals surface area contributed by atoms with E-state index in [1.807, 2.05) is 13.8 Å². The number of sulfonamides is 1. The van der Waals surface area contributed by atoms with E-state index in [2.05, 4.69) is 9.82 Å². The van der Waals surface area contributed by atoms with Crippen LogP contribution in [0.2, 0.25) is 0 Å². The molecule has 3 rings (SSSR count). The Kier molecular flexibility index (Phi) is 4.59. The van der Waals surface area contributed by atoms with Gasteiger partial charge in [-0.3, -0.25) is 9.40 Å². The second-order valence-electron chi connectivity index (χ2n) is 5.90. The van der Waals surface area contributed by atoms with Gasteiger partial charge in [-0.05, 0) is 54.8 Å². The van der Waals surface area contributed by atoms with Gasteiger partial charge in [0.25, 0.3) is 10.0 Å². The number of hydrogen-bond donors (Lipinski definition) is 1. The van der Waals surface area contributed by atoms with Crippen molar-refractivity contribution < 1.29 is 12.8 Å². The summed E-state index contributed by atoms with van der Waals surface area (Å²) in [5, 5.41) is 4.14. The molecule has 0 bridgehead atoms. The van der Waals surface area contributed by atoms with Gasteiger partial charge < -0.3 is 0 Å². The fraction of sp³-hybridized carbons (Fsp3) is 0.167. The Labute approximate surface area is 146 Å². The van der Waals surface area contributed by atoms with Crippen molar-refractivity contribution in [2.75, 3.05) is 4.72 Å². The highest BCUT2D eigenvalue weighted by molar-refractivity contribution is 7.92. The summed E-state index contributed by atoms with van der Waals surface area (Å²) in [6, 6.07) is 11.1. The predicted molar refractivity (Wildman–Crippen MR) is 94.5 cm³/mol. The fourth-order valence-electron chi connectivity index (χ4n) is 2.37. The minimum absolute atomic E-state index is 0.210. The molecule has 0 amide bonds. The first kappa shape index (κ1) is 17.2. The van der Waals surface area contributed by atoms with Gasteiger partial charge in [0.15, 0.2) is 0 Å². The predicted octanol–water partition coefficient (Wildman–Crippen LogP) is 3.49. The highest BCUT2D eigenvalue weighted by atomic mass is 32.2. The monoisotopic (exact) mass is 359 g/mol. The lowest BCUT2D eigenvalue weighted by Crippen LogP contribution is -2.12. The normalized spacial score (nSPS) is 11.5. The van der Waals surface area contributed by atoms with Crippen LogP contribution >= 0.6 is 0 Å². The van der Waals surface area contributed by atoms with Crippen molar-refractivity contribution in [3.8, 4) is 0 Å².